The van der Waals surface area contributed by atoms with Crippen molar-refractivity contribution < 1.29 is 23.5 Å². The van der Waals surface area contributed by atoms with Crippen molar-refractivity contribution in [3.63, 3.8) is 0 Å². The molecule has 0 spiro atoms. The van der Waals surface area contributed by atoms with E-state index in [9.17, 15) is 18.4 Å². The maximum absolute atomic E-state index is 14.0. The minimum absolute atomic E-state index is 0.0416. The van der Waals surface area contributed by atoms with Crippen LogP contribution in [-0.2, 0) is 16.1 Å². The van der Waals surface area contributed by atoms with Crippen molar-refractivity contribution in [1.29, 1.82) is 0 Å². The summed E-state index contributed by atoms with van der Waals surface area (Å²) in [5, 5.41) is 9.33. The first kappa shape index (κ1) is 20.9. The van der Waals surface area contributed by atoms with Crippen LogP contribution in [0.15, 0.2) is 36.4 Å². The topological polar surface area (TPSA) is 70.5 Å². The first-order chi connectivity index (χ1) is 13.8. The smallest absolute Gasteiger partial charge is 0.303 e. The summed E-state index contributed by atoms with van der Waals surface area (Å²) in [6, 6.07) is 9.89. The number of benzene rings is 2. The third-order valence-corrected chi connectivity index (χ3v) is 5.52. The molecule has 1 aromatic heterocycles. The molecular weight excluding hydrogens is 398 g/mol. The number of fused-ring (bicyclic) bond motifs is 1. The molecule has 0 aliphatic rings. The average molecular weight is 418 g/mol. The normalized spacial score (nSPS) is 11.2. The summed E-state index contributed by atoms with van der Waals surface area (Å²) < 4.78 is 27.9. The molecule has 0 saturated carbocycles. The molecule has 0 saturated heterocycles. The summed E-state index contributed by atoms with van der Waals surface area (Å²) in [5.41, 5.74) is 1.62. The predicted molar refractivity (Wildman–Crippen MR) is 108 cm³/mol. The second kappa shape index (κ2) is 8.65. The van der Waals surface area contributed by atoms with Crippen molar-refractivity contribution in [1.82, 2.24) is 4.98 Å². The maximum Gasteiger partial charge on any atom is 0.303 e. The van der Waals surface area contributed by atoms with Crippen LogP contribution in [0.2, 0.25) is 0 Å². The highest BCUT2D eigenvalue weighted by Gasteiger charge is 2.20. The fraction of sp³-hybridized carbons (Fsp3) is 0.286. The van der Waals surface area contributed by atoms with Crippen LogP contribution in [0.4, 0.5) is 14.5 Å². The fourth-order valence-corrected chi connectivity index (χ4v) is 3.85. The Morgan fingerprint density at radius 2 is 1.79 bits per heavy atom. The van der Waals surface area contributed by atoms with Crippen LogP contribution in [0.1, 0.15) is 43.2 Å². The van der Waals surface area contributed by atoms with Gasteiger partial charge in [-0.2, -0.15) is 0 Å². The third-order valence-electron chi connectivity index (χ3n) is 4.51. The van der Waals surface area contributed by atoms with E-state index < -0.39 is 17.6 Å². The molecule has 0 radical (unpaired) electrons. The number of aliphatic carboxylic acids is 1. The van der Waals surface area contributed by atoms with E-state index in [2.05, 4.69) is 18.8 Å². The van der Waals surface area contributed by atoms with E-state index in [1.807, 2.05) is 12.1 Å². The van der Waals surface area contributed by atoms with Gasteiger partial charge in [-0.15, -0.1) is 11.3 Å². The Bertz CT molecular complexity index is 1050. The highest BCUT2D eigenvalue weighted by atomic mass is 32.1. The monoisotopic (exact) mass is 418 g/mol. The summed E-state index contributed by atoms with van der Waals surface area (Å²) in [6.07, 6.45) is -0.464. The highest BCUT2D eigenvalue weighted by Crippen LogP contribution is 2.29. The van der Waals surface area contributed by atoms with Gasteiger partial charge in [0.05, 0.1) is 17.7 Å². The van der Waals surface area contributed by atoms with Crippen LogP contribution in [-0.4, -0.2) is 22.0 Å². The van der Waals surface area contributed by atoms with Crippen LogP contribution >= 0.6 is 11.3 Å². The number of nitrogens with zero attached hydrogens (tertiary/aromatic N) is 2. The summed E-state index contributed by atoms with van der Waals surface area (Å²) >= 11 is 1.16. The third kappa shape index (κ3) is 4.76. The molecule has 2 aromatic carbocycles. The number of anilines is 1. The number of halogens is 2. The van der Waals surface area contributed by atoms with Gasteiger partial charge < -0.3 is 10.0 Å². The Balaban J connectivity index is 1.93. The van der Waals surface area contributed by atoms with Crippen LogP contribution < -0.4 is 4.90 Å². The molecule has 3 aromatic rings. The summed E-state index contributed by atoms with van der Waals surface area (Å²) in [5.74, 6) is -3.12. The largest absolute Gasteiger partial charge is 0.481 e. The molecule has 29 heavy (non-hydrogen) atoms. The van der Waals surface area contributed by atoms with Crippen molar-refractivity contribution in [2.75, 3.05) is 4.90 Å². The molecule has 1 heterocycles. The molecule has 5 nitrogen and oxygen atoms in total. The van der Waals surface area contributed by atoms with Gasteiger partial charge in [-0.1, -0.05) is 26.0 Å². The average Bonchev–Trinajstić information content (AvgIpc) is 3.11. The first-order valence-electron chi connectivity index (χ1n) is 9.11. The lowest BCUT2D eigenvalue weighted by molar-refractivity contribution is -0.138. The number of carbonyl (C=O) groups excluding carboxylic acids is 1. The van der Waals surface area contributed by atoms with Gasteiger partial charge in [0.15, 0.2) is 11.6 Å². The quantitative estimate of drug-likeness (QED) is 0.580. The number of rotatable bonds is 7. The van der Waals surface area contributed by atoms with Gasteiger partial charge in [-0.25, -0.2) is 13.8 Å². The number of carbonyl (C=O) groups is 2. The Morgan fingerprint density at radius 1 is 1.10 bits per heavy atom. The maximum atomic E-state index is 14.0. The van der Waals surface area contributed by atoms with Gasteiger partial charge in [0.25, 0.3) is 0 Å². The van der Waals surface area contributed by atoms with E-state index in [0.717, 1.165) is 23.0 Å². The van der Waals surface area contributed by atoms with E-state index in [4.69, 9.17) is 5.11 Å². The van der Waals surface area contributed by atoms with Crippen molar-refractivity contribution >= 4 is 39.1 Å². The zero-order chi connectivity index (χ0) is 21.1. The Kier molecular flexibility index (Phi) is 6.22. The Hall–Kier alpha value is -2.87. The lowest BCUT2D eigenvalue weighted by Crippen LogP contribution is -2.30. The second-order valence-corrected chi connectivity index (χ2v) is 8.05. The Labute approximate surface area is 170 Å². The zero-order valence-corrected chi connectivity index (χ0v) is 16.8. The van der Waals surface area contributed by atoms with E-state index >= 15 is 0 Å². The van der Waals surface area contributed by atoms with E-state index in [1.54, 1.807) is 12.1 Å². The molecular formula is C21H20F2N2O3S. The standard InChI is InChI=1S/C21H20F2N2O3S/c1-12(2)13-3-5-14(6-4-13)25(18(26)9-10-19(27)28)11-17-24-21-16(29-17)8-7-15(22)20(21)23/h3-8,12H,9-11H2,1-2H3,(H,27,28). The predicted octanol–water partition coefficient (Wildman–Crippen LogP) is 5.10. The highest BCUT2D eigenvalue weighted by molar-refractivity contribution is 7.18. The van der Waals surface area contributed by atoms with Crippen LogP contribution in [0.3, 0.4) is 0 Å². The van der Waals surface area contributed by atoms with E-state index in [1.165, 1.54) is 11.0 Å². The number of aromatic nitrogens is 1. The minimum atomic E-state index is -1.06. The number of amides is 1. The lowest BCUT2D eigenvalue weighted by Gasteiger charge is -2.22. The Morgan fingerprint density at radius 3 is 2.41 bits per heavy atom. The van der Waals surface area contributed by atoms with Crippen LogP contribution in [0.25, 0.3) is 10.2 Å². The minimum Gasteiger partial charge on any atom is -0.481 e. The molecule has 0 aliphatic carbocycles. The summed E-state index contributed by atoms with van der Waals surface area (Å²) in [7, 11) is 0. The molecule has 3 rings (SSSR count). The van der Waals surface area contributed by atoms with Gasteiger partial charge >= 0.3 is 5.97 Å². The molecule has 0 atom stereocenters. The molecule has 1 N–H and O–H groups in total. The van der Waals surface area contributed by atoms with Crippen molar-refractivity contribution in [3.8, 4) is 0 Å². The molecule has 8 heteroatoms. The number of hydrogen-bond donors (Lipinski definition) is 1. The number of hydrogen-bond acceptors (Lipinski definition) is 4. The number of thiazole rings is 1. The first-order valence-corrected chi connectivity index (χ1v) is 9.93. The van der Waals surface area contributed by atoms with Crippen LogP contribution in [0, 0.1) is 11.6 Å². The lowest BCUT2D eigenvalue weighted by atomic mass is 10.0. The molecule has 152 valence electrons. The molecule has 0 fully saturated rings. The summed E-state index contributed by atoms with van der Waals surface area (Å²) in [6.45, 7) is 4.15. The van der Waals surface area contributed by atoms with E-state index in [-0.39, 0.29) is 30.8 Å². The number of carboxylic acids is 1. The second-order valence-electron chi connectivity index (χ2n) is 6.94. The van der Waals surface area contributed by atoms with Gasteiger partial charge in [-0.05, 0) is 35.7 Å². The van der Waals surface area contributed by atoms with Gasteiger partial charge in [0.2, 0.25) is 5.91 Å². The van der Waals surface area contributed by atoms with Gasteiger partial charge in [-0.3, -0.25) is 9.59 Å². The zero-order valence-electron chi connectivity index (χ0n) is 16.0. The molecule has 0 unspecified atom stereocenters. The molecule has 0 bridgehead atoms. The van der Waals surface area contributed by atoms with Crippen LogP contribution in [0.5, 0.6) is 0 Å². The van der Waals surface area contributed by atoms with Crippen molar-refractivity contribution in [3.05, 3.63) is 58.6 Å². The number of carboxylic acid groups (broad SMARTS) is 1. The summed E-state index contributed by atoms with van der Waals surface area (Å²) in [4.78, 5) is 29.2. The van der Waals surface area contributed by atoms with Gasteiger partial charge in [0, 0.05) is 12.1 Å². The molecule has 0 aliphatic heterocycles. The van der Waals surface area contributed by atoms with Crippen molar-refractivity contribution in [2.45, 2.75) is 39.2 Å². The van der Waals surface area contributed by atoms with Crippen molar-refractivity contribution in [2.24, 2.45) is 0 Å². The SMILES string of the molecule is CC(C)c1ccc(N(Cc2nc3c(F)c(F)ccc3s2)C(=O)CCC(=O)O)cc1. The van der Waals surface area contributed by atoms with E-state index in [0.29, 0.717) is 21.3 Å². The molecule has 1 amide bonds. The fourth-order valence-electron chi connectivity index (χ4n) is 2.90. The van der Waals surface area contributed by atoms with Gasteiger partial charge in [0.1, 0.15) is 10.5 Å².